The zero-order valence-electron chi connectivity index (χ0n) is 11.0. The van der Waals surface area contributed by atoms with Crippen molar-refractivity contribution in [1.82, 2.24) is 24.1 Å². The van der Waals surface area contributed by atoms with E-state index in [0.717, 1.165) is 16.4 Å². The van der Waals surface area contributed by atoms with E-state index in [9.17, 15) is 13.2 Å². The van der Waals surface area contributed by atoms with Crippen molar-refractivity contribution < 1.29 is 13.2 Å². The van der Waals surface area contributed by atoms with E-state index in [1.807, 2.05) is 11.6 Å². The summed E-state index contributed by atoms with van der Waals surface area (Å²) in [5.41, 5.74) is -0.686. The molecule has 110 valence electrons. The zero-order valence-corrected chi connectivity index (χ0v) is 11.0. The van der Waals surface area contributed by atoms with Crippen LogP contribution in [-0.4, -0.2) is 24.1 Å². The average molecular weight is 296 g/mol. The highest BCUT2D eigenvalue weighted by molar-refractivity contribution is 5.67. The highest BCUT2D eigenvalue weighted by atomic mass is 19.4. The Morgan fingerprint density at radius 2 is 1.95 bits per heavy atom. The maximum atomic E-state index is 12.7. The van der Waals surface area contributed by atoms with Crippen LogP contribution < -0.4 is 5.32 Å². The second kappa shape index (κ2) is 4.76. The molecule has 0 fully saturated rings. The number of anilines is 1. The van der Waals surface area contributed by atoms with Gasteiger partial charge in [0.1, 0.15) is 11.3 Å². The van der Waals surface area contributed by atoms with Gasteiger partial charge in [0.25, 0.3) is 0 Å². The van der Waals surface area contributed by atoms with Crippen molar-refractivity contribution in [2.24, 2.45) is 7.05 Å². The molecule has 0 aromatic carbocycles. The first-order valence-corrected chi connectivity index (χ1v) is 6.07. The van der Waals surface area contributed by atoms with Crippen LogP contribution in [0.3, 0.4) is 0 Å². The summed E-state index contributed by atoms with van der Waals surface area (Å²) in [5.74, 6) is 1.07. The minimum Gasteiger partial charge on any atom is -0.361 e. The second-order valence-corrected chi connectivity index (χ2v) is 4.44. The maximum absolute atomic E-state index is 12.7. The Morgan fingerprint density at radius 1 is 1.19 bits per heavy atom. The molecule has 0 aliphatic carbocycles. The normalized spacial score (nSPS) is 12.0. The van der Waals surface area contributed by atoms with Crippen LogP contribution in [0.4, 0.5) is 19.0 Å². The number of aryl methyl sites for hydroxylation is 1. The molecule has 0 saturated heterocycles. The molecule has 9 heteroatoms. The monoisotopic (exact) mass is 296 g/mol. The van der Waals surface area contributed by atoms with Crippen LogP contribution >= 0.6 is 0 Å². The van der Waals surface area contributed by atoms with Gasteiger partial charge in [-0.1, -0.05) is 0 Å². The van der Waals surface area contributed by atoms with Crippen LogP contribution in [-0.2, 0) is 19.8 Å². The van der Waals surface area contributed by atoms with E-state index in [1.54, 1.807) is 12.4 Å². The average Bonchev–Trinajstić information content (AvgIpc) is 3.02. The third-order valence-electron chi connectivity index (χ3n) is 3.02. The van der Waals surface area contributed by atoms with Crippen molar-refractivity contribution >= 4 is 11.3 Å². The van der Waals surface area contributed by atoms with Gasteiger partial charge in [-0.05, 0) is 0 Å². The maximum Gasteiger partial charge on any atom is 0.435 e. The van der Waals surface area contributed by atoms with Gasteiger partial charge in [0.2, 0.25) is 0 Å². The molecule has 3 rings (SSSR count). The summed E-state index contributed by atoms with van der Waals surface area (Å²) in [7, 11) is 1.83. The number of nitrogens with one attached hydrogen (secondary N) is 1. The first-order chi connectivity index (χ1) is 9.95. The molecule has 0 aliphatic rings. The molecule has 0 aliphatic heterocycles. The summed E-state index contributed by atoms with van der Waals surface area (Å²) in [6.07, 6.45) is 1.71. The van der Waals surface area contributed by atoms with Crippen LogP contribution in [0.15, 0.2) is 30.9 Å². The smallest absolute Gasteiger partial charge is 0.361 e. The third kappa shape index (κ3) is 2.54. The number of fused-ring (bicyclic) bond motifs is 1. The number of alkyl halides is 3. The minimum absolute atomic E-state index is 0.263. The van der Waals surface area contributed by atoms with E-state index in [0.29, 0.717) is 12.4 Å². The van der Waals surface area contributed by atoms with Gasteiger partial charge in [0.15, 0.2) is 11.5 Å². The Morgan fingerprint density at radius 3 is 2.62 bits per heavy atom. The molecule has 0 bridgehead atoms. The summed E-state index contributed by atoms with van der Waals surface area (Å²) in [4.78, 5) is 8.18. The molecule has 0 radical (unpaired) electrons. The van der Waals surface area contributed by atoms with Crippen LogP contribution in [0.25, 0.3) is 5.52 Å². The Balaban J connectivity index is 1.92. The fraction of sp³-hybridized carbons (Fsp3) is 0.250. The van der Waals surface area contributed by atoms with Gasteiger partial charge in [0, 0.05) is 37.9 Å². The minimum atomic E-state index is -4.48. The number of imidazole rings is 1. The van der Waals surface area contributed by atoms with Gasteiger partial charge in [-0.2, -0.15) is 18.3 Å². The van der Waals surface area contributed by atoms with Crippen molar-refractivity contribution in [3.63, 3.8) is 0 Å². The Labute approximate surface area is 117 Å². The highest BCUT2D eigenvalue weighted by Gasteiger charge is 2.34. The van der Waals surface area contributed by atoms with Gasteiger partial charge in [-0.3, -0.25) is 0 Å². The third-order valence-corrected chi connectivity index (χ3v) is 3.02. The Kier molecular flexibility index (Phi) is 3.04. The zero-order chi connectivity index (χ0) is 15.0. The van der Waals surface area contributed by atoms with Gasteiger partial charge in [-0.25, -0.2) is 14.5 Å². The lowest BCUT2D eigenvalue weighted by Crippen LogP contribution is -2.07. The first kappa shape index (κ1) is 13.4. The summed E-state index contributed by atoms with van der Waals surface area (Å²) in [6.45, 7) is 0.350. The van der Waals surface area contributed by atoms with Crippen LogP contribution in [0.2, 0.25) is 0 Å². The number of hydrogen-bond donors (Lipinski definition) is 1. The number of aromatic nitrogens is 5. The largest absolute Gasteiger partial charge is 0.435 e. The van der Waals surface area contributed by atoms with E-state index in [2.05, 4.69) is 20.4 Å². The molecule has 0 atom stereocenters. The van der Waals surface area contributed by atoms with Crippen LogP contribution in [0.1, 0.15) is 11.5 Å². The van der Waals surface area contributed by atoms with Gasteiger partial charge in [-0.15, -0.1) is 0 Å². The molecule has 0 unspecified atom stereocenters. The number of halogens is 3. The molecular weight excluding hydrogens is 285 g/mol. The summed E-state index contributed by atoms with van der Waals surface area (Å²) < 4.78 is 41.0. The van der Waals surface area contributed by atoms with Gasteiger partial charge in [0.05, 0.1) is 6.54 Å². The van der Waals surface area contributed by atoms with Crippen molar-refractivity contribution in [2.45, 2.75) is 12.7 Å². The number of rotatable bonds is 3. The fourth-order valence-electron chi connectivity index (χ4n) is 1.93. The summed E-state index contributed by atoms with van der Waals surface area (Å²) >= 11 is 0. The Hall–Kier alpha value is -2.58. The van der Waals surface area contributed by atoms with Gasteiger partial charge < -0.3 is 9.88 Å². The van der Waals surface area contributed by atoms with Gasteiger partial charge >= 0.3 is 6.18 Å². The van der Waals surface area contributed by atoms with Crippen LogP contribution in [0, 0.1) is 0 Å². The summed E-state index contributed by atoms with van der Waals surface area (Å²) in [5, 5.41) is 6.47. The van der Waals surface area contributed by atoms with E-state index in [-0.39, 0.29) is 5.52 Å². The molecule has 21 heavy (non-hydrogen) atoms. The first-order valence-electron chi connectivity index (χ1n) is 6.07. The lowest BCUT2D eigenvalue weighted by Gasteiger charge is -2.06. The number of nitrogens with zero attached hydrogens (tertiary/aromatic N) is 5. The van der Waals surface area contributed by atoms with Crippen molar-refractivity contribution in [3.8, 4) is 0 Å². The molecule has 0 spiro atoms. The second-order valence-electron chi connectivity index (χ2n) is 4.44. The fourth-order valence-corrected chi connectivity index (χ4v) is 1.93. The van der Waals surface area contributed by atoms with Crippen molar-refractivity contribution in [2.75, 3.05) is 5.32 Å². The topological polar surface area (TPSA) is 60.0 Å². The summed E-state index contributed by atoms with van der Waals surface area (Å²) in [6, 6.07) is 0.966. The van der Waals surface area contributed by atoms with Crippen molar-refractivity contribution in [1.29, 1.82) is 0 Å². The molecule has 0 amide bonds. The van der Waals surface area contributed by atoms with Crippen molar-refractivity contribution in [3.05, 3.63) is 42.4 Å². The standard InChI is InChI=1S/C12H11F3N6/c1-20-4-2-16-10(20)7-18-11-8-6-9(12(13,14)15)19-21(8)5-3-17-11/h2-6H,7H2,1H3,(H,17,18). The lowest BCUT2D eigenvalue weighted by atomic mass is 10.3. The molecule has 3 aromatic rings. The van der Waals surface area contributed by atoms with E-state index in [1.165, 1.54) is 12.4 Å². The predicted molar refractivity (Wildman–Crippen MR) is 68.5 cm³/mol. The number of hydrogen-bond acceptors (Lipinski definition) is 4. The molecule has 0 saturated carbocycles. The Bertz CT molecular complexity index is 773. The molecular formula is C12H11F3N6. The molecule has 3 heterocycles. The van der Waals surface area contributed by atoms with E-state index >= 15 is 0 Å². The molecule has 6 nitrogen and oxygen atoms in total. The quantitative estimate of drug-likeness (QED) is 0.804. The SMILES string of the molecule is Cn1ccnc1CNc1nccn2nc(C(F)(F)F)cc12. The highest BCUT2D eigenvalue weighted by Crippen LogP contribution is 2.30. The lowest BCUT2D eigenvalue weighted by molar-refractivity contribution is -0.141. The van der Waals surface area contributed by atoms with E-state index in [4.69, 9.17) is 0 Å². The van der Waals surface area contributed by atoms with Crippen LogP contribution in [0.5, 0.6) is 0 Å². The predicted octanol–water partition coefficient (Wildman–Crippen LogP) is 2.09. The molecule has 1 N–H and O–H groups in total. The van der Waals surface area contributed by atoms with E-state index < -0.39 is 11.9 Å². The molecule has 3 aromatic heterocycles.